The highest BCUT2D eigenvalue weighted by Gasteiger charge is 2.26. The smallest absolute Gasteiger partial charge is 0.0197 e. The van der Waals surface area contributed by atoms with Crippen LogP contribution in [0.25, 0.3) is 0 Å². The Labute approximate surface area is 81.7 Å². The minimum absolute atomic E-state index is 0.854. The summed E-state index contributed by atoms with van der Waals surface area (Å²) in [6.45, 7) is 2.39. The largest absolute Gasteiger partial charge is 0.0845 e. The third kappa shape index (κ3) is 2.04. The molecule has 0 aromatic carbocycles. The Balaban J connectivity index is 2.14. The summed E-state index contributed by atoms with van der Waals surface area (Å²) in [5.74, 6) is 1.78. The molecule has 2 aliphatic rings. The lowest BCUT2D eigenvalue weighted by molar-refractivity contribution is 0.533. The van der Waals surface area contributed by atoms with Crippen LogP contribution < -0.4 is 0 Å². The molecule has 13 heavy (non-hydrogen) atoms. The lowest BCUT2D eigenvalue weighted by atomic mass is 9.93. The zero-order valence-corrected chi connectivity index (χ0v) is 8.63. The Kier molecular flexibility index (Phi) is 2.87. The third-order valence-electron chi connectivity index (χ3n) is 3.59. The second-order valence-electron chi connectivity index (χ2n) is 4.55. The molecule has 1 saturated carbocycles. The Morgan fingerprint density at radius 2 is 2.08 bits per heavy atom. The van der Waals surface area contributed by atoms with Crippen molar-refractivity contribution < 1.29 is 0 Å². The van der Waals surface area contributed by atoms with Gasteiger partial charge in [0.2, 0.25) is 0 Å². The Hall–Kier alpha value is -0.520. The van der Waals surface area contributed by atoms with Crippen LogP contribution >= 0.6 is 0 Å². The molecule has 2 aliphatic carbocycles. The number of rotatable bonds is 0. The van der Waals surface area contributed by atoms with E-state index in [4.69, 9.17) is 0 Å². The summed E-state index contributed by atoms with van der Waals surface area (Å²) in [5, 5.41) is 0. The second-order valence-corrected chi connectivity index (χ2v) is 4.55. The molecular weight excluding hydrogens is 156 g/mol. The molecular formula is C13H20. The maximum atomic E-state index is 2.40. The minimum Gasteiger partial charge on any atom is -0.0845 e. The van der Waals surface area contributed by atoms with Gasteiger partial charge >= 0.3 is 0 Å². The van der Waals surface area contributed by atoms with Gasteiger partial charge in [-0.25, -0.2) is 0 Å². The van der Waals surface area contributed by atoms with E-state index >= 15 is 0 Å². The SMILES string of the molecule is CC1CCC2CCCC/C=C\C=C\12. The van der Waals surface area contributed by atoms with Gasteiger partial charge in [0.15, 0.2) is 0 Å². The molecule has 0 heteroatoms. The molecule has 1 fully saturated rings. The molecule has 0 aromatic rings. The van der Waals surface area contributed by atoms with Crippen LogP contribution in [0, 0.1) is 11.8 Å². The normalized spacial score (nSPS) is 40.8. The van der Waals surface area contributed by atoms with Gasteiger partial charge in [0.25, 0.3) is 0 Å². The van der Waals surface area contributed by atoms with Crippen LogP contribution in [0.2, 0.25) is 0 Å². The molecule has 2 atom stereocenters. The van der Waals surface area contributed by atoms with E-state index in [2.05, 4.69) is 25.2 Å². The number of allylic oxidation sites excluding steroid dienone is 4. The Bertz CT molecular complexity index is 222. The van der Waals surface area contributed by atoms with Crippen molar-refractivity contribution in [2.45, 2.75) is 45.4 Å². The van der Waals surface area contributed by atoms with Gasteiger partial charge in [-0.1, -0.05) is 37.1 Å². The fourth-order valence-corrected chi connectivity index (χ4v) is 2.73. The highest BCUT2D eigenvalue weighted by atomic mass is 14.3. The van der Waals surface area contributed by atoms with Crippen LogP contribution in [-0.4, -0.2) is 0 Å². The molecule has 0 aromatic heterocycles. The predicted molar refractivity (Wildman–Crippen MR) is 57.6 cm³/mol. The van der Waals surface area contributed by atoms with Crippen molar-refractivity contribution in [2.24, 2.45) is 11.8 Å². The fraction of sp³-hybridized carbons (Fsp3) is 0.692. The van der Waals surface area contributed by atoms with Gasteiger partial charge in [0, 0.05) is 0 Å². The minimum atomic E-state index is 0.854. The Morgan fingerprint density at radius 1 is 1.15 bits per heavy atom. The second kappa shape index (κ2) is 4.13. The van der Waals surface area contributed by atoms with E-state index in [0.29, 0.717) is 0 Å². The van der Waals surface area contributed by atoms with Crippen molar-refractivity contribution in [3.8, 4) is 0 Å². The Morgan fingerprint density at radius 3 is 3.00 bits per heavy atom. The summed E-state index contributed by atoms with van der Waals surface area (Å²) in [6.07, 6.45) is 15.4. The van der Waals surface area contributed by atoms with Gasteiger partial charge in [-0.05, 0) is 43.9 Å². The topological polar surface area (TPSA) is 0 Å². The summed E-state index contributed by atoms with van der Waals surface area (Å²) in [4.78, 5) is 0. The summed E-state index contributed by atoms with van der Waals surface area (Å²) in [6, 6.07) is 0. The molecule has 0 N–H and O–H groups in total. The first-order chi connectivity index (χ1) is 6.38. The summed E-state index contributed by atoms with van der Waals surface area (Å²) < 4.78 is 0. The van der Waals surface area contributed by atoms with E-state index < -0.39 is 0 Å². The molecule has 0 bridgehead atoms. The summed E-state index contributed by atoms with van der Waals surface area (Å²) in [7, 11) is 0. The van der Waals surface area contributed by atoms with Crippen LogP contribution in [-0.2, 0) is 0 Å². The zero-order valence-electron chi connectivity index (χ0n) is 8.63. The maximum Gasteiger partial charge on any atom is -0.0197 e. The first-order valence-corrected chi connectivity index (χ1v) is 5.74. The maximum absolute atomic E-state index is 2.40. The average molecular weight is 176 g/mol. The number of hydrogen-bond acceptors (Lipinski definition) is 0. The van der Waals surface area contributed by atoms with E-state index in [-0.39, 0.29) is 0 Å². The lowest BCUT2D eigenvalue weighted by Crippen LogP contribution is -1.99. The molecule has 2 rings (SSSR count). The van der Waals surface area contributed by atoms with Crippen molar-refractivity contribution in [2.75, 3.05) is 0 Å². The predicted octanol–water partition coefficient (Wildman–Crippen LogP) is 4.09. The van der Waals surface area contributed by atoms with Crippen LogP contribution in [0.15, 0.2) is 23.8 Å². The van der Waals surface area contributed by atoms with Gasteiger partial charge in [0.05, 0.1) is 0 Å². The fourth-order valence-electron chi connectivity index (χ4n) is 2.73. The number of hydrogen-bond donors (Lipinski definition) is 0. The summed E-state index contributed by atoms with van der Waals surface area (Å²) in [5.41, 5.74) is 1.73. The van der Waals surface area contributed by atoms with Crippen molar-refractivity contribution in [3.63, 3.8) is 0 Å². The van der Waals surface area contributed by atoms with Crippen molar-refractivity contribution >= 4 is 0 Å². The zero-order chi connectivity index (χ0) is 9.10. The highest BCUT2D eigenvalue weighted by molar-refractivity contribution is 5.21. The van der Waals surface area contributed by atoms with Gasteiger partial charge in [-0.2, -0.15) is 0 Å². The standard InChI is InChI=1S/C13H20/c1-11-9-10-12-7-5-3-2-4-6-8-13(11)12/h4,6,8,11-12H,2-3,5,7,9-10H2,1H3/b6-4-,13-8-. The van der Waals surface area contributed by atoms with Gasteiger partial charge in [0.1, 0.15) is 0 Å². The average Bonchev–Trinajstić information content (AvgIpc) is 2.51. The summed E-state index contributed by atoms with van der Waals surface area (Å²) >= 11 is 0. The van der Waals surface area contributed by atoms with E-state index in [1.807, 2.05) is 0 Å². The van der Waals surface area contributed by atoms with E-state index in [0.717, 1.165) is 11.8 Å². The number of fused-ring (bicyclic) bond motifs is 1. The molecule has 72 valence electrons. The quantitative estimate of drug-likeness (QED) is 0.521. The van der Waals surface area contributed by atoms with Crippen LogP contribution in [0.5, 0.6) is 0 Å². The lowest BCUT2D eigenvalue weighted by Gasteiger charge is -2.12. The van der Waals surface area contributed by atoms with Gasteiger partial charge in [-0.3, -0.25) is 0 Å². The van der Waals surface area contributed by atoms with Crippen molar-refractivity contribution in [1.29, 1.82) is 0 Å². The first kappa shape index (κ1) is 9.05. The van der Waals surface area contributed by atoms with Crippen LogP contribution in [0.1, 0.15) is 45.4 Å². The monoisotopic (exact) mass is 176 g/mol. The molecule has 2 unspecified atom stereocenters. The van der Waals surface area contributed by atoms with Crippen molar-refractivity contribution in [1.82, 2.24) is 0 Å². The molecule has 0 saturated heterocycles. The van der Waals surface area contributed by atoms with Crippen LogP contribution in [0.4, 0.5) is 0 Å². The molecule has 0 spiro atoms. The van der Waals surface area contributed by atoms with Gasteiger partial charge in [-0.15, -0.1) is 0 Å². The van der Waals surface area contributed by atoms with Gasteiger partial charge < -0.3 is 0 Å². The van der Waals surface area contributed by atoms with Crippen LogP contribution in [0.3, 0.4) is 0 Å². The first-order valence-electron chi connectivity index (χ1n) is 5.74. The van der Waals surface area contributed by atoms with Crippen molar-refractivity contribution in [3.05, 3.63) is 23.8 Å². The molecule has 0 heterocycles. The van der Waals surface area contributed by atoms with E-state index in [1.165, 1.54) is 38.5 Å². The molecule has 0 aliphatic heterocycles. The third-order valence-corrected chi connectivity index (χ3v) is 3.59. The molecule has 0 nitrogen and oxygen atoms in total. The highest BCUT2D eigenvalue weighted by Crippen LogP contribution is 2.39. The molecule has 0 amide bonds. The molecule has 0 radical (unpaired) electrons. The van der Waals surface area contributed by atoms with E-state index in [1.54, 1.807) is 5.57 Å². The van der Waals surface area contributed by atoms with E-state index in [9.17, 15) is 0 Å².